The van der Waals surface area contributed by atoms with E-state index >= 15 is 0 Å². The Balaban J connectivity index is 2.25. The molecule has 1 aromatic heterocycles. The molecule has 2 atom stereocenters. The number of nitrogens with one attached hydrogen (secondary N) is 1. The fourth-order valence-electron chi connectivity index (χ4n) is 2.26. The van der Waals surface area contributed by atoms with E-state index in [-0.39, 0.29) is 23.8 Å². The topological polar surface area (TPSA) is 49.4 Å². The van der Waals surface area contributed by atoms with Gasteiger partial charge in [0.2, 0.25) is 11.8 Å². The van der Waals surface area contributed by atoms with Crippen LogP contribution in [0.2, 0.25) is 0 Å². The van der Waals surface area contributed by atoms with Crippen molar-refractivity contribution in [1.82, 2.24) is 10.2 Å². The molecule has 1 aliphatic rings. The van der Waals surface area contributed by atoms with Gasteiger partial charge in [0.25, 0.3) is 0 Å². The number of likely N-dealkylation sites (tertiary alicyclic amines) is 1. The summed E-state index contributed by atoms with van der Waals surface area (Å²) in [6, 6.07) is 3.83. The second-order valence-corrected chi connectivity index (χ2v) is 5.15. The van der Waals surface area contributed by atoms with Crippen LogP contribution in [0.3, 0.4) is 0 Å². The highest BCUT2D eigenvalue weighted by Crippen LogP contribution is 2.38. The van der Waals surface area contributed by atoms with Crippen LogP contribution in [0.4, 0.5) is 0 Å². The van der Waals surface area contributed by atoms with Crippen molar-refractivity contribution in [1.29, 1.82) is 0 Å². The average Bonchev–Trinajstić information content (AvgIpc) is 2.89. The molecule has 1 aromatic rings. The first kappa shape index (κ1) is 12.1. The molecule has 0 aliphatic carbocycles. The third kappa shape index (κ3) is 2.20. The summed E-state index contributed by atoms with van der Waals surface area (Å²) in [7, 11) is 1.77. The summed E-state index contributed by atoms with van der Waals surface area (Å²) < 4.78 is 0. The summed E-state index contributed by atoms with van der Waals surface area (Å²) in [4.78, 5) is 26.5. The van der Waals surface area contributed by atoms with Crippen LogP contribution in [0.25, 0.3) is 0 Å². The van der Waals surface area contributed by atoms with Gasteiger partial charge < -0.3 is 10.2 Å². The van der Waals surface area contributed by atoms with Gasteiger partial charge in [0.15, 0.2) is 0 Å². The van der Waals surface area contributed by atoms with Gasteiger partial charge in [-0.1, -0.05) is 6.07 Å². The molecular formula is C12H16N2O2S. The summed E-state index contributed by atoms with van der Waals surface area (Å²) in [5, 5.41) is 4.78. The van der Waals surface area contributed by atoms with Gasteiger partial charge >= 0.3 is 0 Å². The van der Waals surface area contributed by atoms with E-state index < -0.39 is 0 Å². The quantitative estimate of drug-likeness (QED) is 0.884. The minimum Gasteiger partial charge on any atom is -0.356 e. The molecule has 0 bridgehead atoms. The number of rotatable bonds is 3. The molecule has 17 heavy (non-hydrogen) atoms. The predicted molar refractivity (Wildman–Crippen MR) is 66.6 cm³/mol. The molecule has 4 nitrogen and oxygen atoms in total. The van der Waals surface area contributed by atoms with Gasteiger partial charge in [-0.2, -0.15) is 0 Å². The normalized spacial score (nSPS) is 24.1. The fourth-order valence-corrected chi connectivity index (χ4v) is 3.19. The number of carbonyl (C=O) groups excluding carboxylic acids is 2. The molecule has 5 heteroatoms. The average molecular weight is 252 g/mol. The van der Waals surface area contributed by atoms with Crippen molar-refractivity contribution < 1.29 is 9.59 Å². The summed E-state index contributed by atoms with van der Waals surface area (Å²) in [6.07, 6.45) is 0.310. The van der Waals surface area contributed by atoms with E-state index in [1.165, 1.54) is 0 Å². The van der Waals surface area contributed by atoms with Gasteiger partial charge in [-0.25, -0.2) is 0 Å². The van der Waals surface area contributed by atoms with E-state index in [2.05, 4.69) is 5.32 Å². The Kier molecular flexibility index (Phi) is 3.47. The van der Waals surface area contributed by atoms with Crippen molar-refractivity contribution in [2.75, 3.05) is 13.6 Å². The molecule has 1 saturated heterocycles. The van der Waals surface area contributed by atoms with Gasteiger partial charge in [-0.3, -0.25) is 9.59 Å². The highest BCUT2D eigenvalue weighted by molar-refractivity contribution is 7.10. The summed E-state index contributed by atoms with van der Waals surface area (Å²) in [5.74, 6) is -0.241. The molecule has 92 valence electrons. The first-order chi connectivity index (χ1) is 8.15. The van der Waals surface area contributed by atoms with E-state index in [1.807, 2.05) is 24.4 Å². The van der Waals surface area contributed by atoms with Gasteiger partial charge in [0, 0.05) is 24.9 Å². The van der Waals surface area contributed by atoms with Crippen molar-refractivity contribution in [3.63, 3.8) is 0 Å². The molecule has 0 spiro atoms. The van der Waals surface area contributed by atoms with Crippen LogP contribution in [0.1, 0.15) is 24.3 Å². The van der Waals surface area contributed by atoms with Crippen LogP contribution in [-0.2, 0) is 9.59 Å². The number of carbonyl (C=O) groups is 2. The monoisotopic (exact) mass is 252 g/mol. The van der Waals surface area contributed by atoms with Crippen LogP contribution < -0.4 is 5.32 Å². The zero-order valence-electron chi connectivity index (χ0n) is 9.97. The Morgan fingerprint density at radius 2 is 2.41 bits per heavy atom. The Morgan fingerprint density at radius 1 is 1.65 bits per heavy atom. The summed E-state index contributed by atoms with van der Waals surface area (Å²) in [6.45, 7) is 2.49. The maximum atomic E-state index is 12.0. The first-order valence-corrected chi connectivity index (χ1v) is 6.60. The van der Waals surface area contributed by atoms with E-state index in [0.717, 1.165) is 4.88 Å². The fraction of sp³-hybridized carbons (Fsp3) is 0.500. The third-order valence-electron chi connectivity index (χ3n) is 3.11. The van der Waals surface area contributed by atoms with Gasteiger partial charge in [0.05, 0.1) is 12.0 Å². The lowest BCUT2D eigenvalue weighted by atomic mass is 9.98. The van der Waals surface area contributed by atoms with Crippen LogP contribution in [0.5, 0.6) is 0 Å². The molecule has 2 heterocycles. The maximum Gasteiger partial charge on any atom is 0.226 e. The maximum absolute atomic E-state index is 12.0. The standard InChI is InChI=1S/C12H16N2O2S/c1-3-13-12(16)8-7-10(15)14(2)11(8)9-5-4-6-17-9/h4-6,8,11H,3,7H2,1-2H3,(H,13,16)/t8-,11+/m0/s1. The number of amides is 2. The van der Waals surface area contributed by atoms with E-state index in [0.29, 0.717) is 13.0 Å². The van der Waals surface area contributed by atoms with Crippen molar-refractivity contribution >= 4 is 23.2 Å². The van der Waals surface area contributed by atoms with E-state index in [1.54, 1.807) is 23.3 Å². The second-order valence-electron chi connectivity index (χ2n) is 4.17. The molecule has 0 unspecified atom stereocenters. The Labute approximate surface area is 105 Å². The molecular weight excluding hydrogens is 236 g/mol. The number of hydrogen-bond donors (Lipinski definition) is 1. The van der Waals surface area contributed by atoms with Crippen molar-refractivity contribution in [3.8, 4) is 0 Å². The Morgan fingerprint density at radius 3 is 3.00 bits per heavy atom. The molecule has 0 aromatic carbocycles. The highest BCUT2D eigenvalue weighted by Gasteiger charge is 2.42. The lowest BCUT2D eigenvalue weighted by Gasteiger charge is -2.23. The van der Waals surface area contributed by atoms with Gasteiger partial charge in [-0.15, -0.1) is 11.3 Å². The van der Waals surface area contributed by atoms with Gasteiger partial charge in [-0.05, 0) is 18.4 Å². The molecule has 1 aliphatic heterocycles. The predicted octanol–water partition coefficient (Wildman–Crippen LogP) is 1.40. The lowest BCUT2D eigenvalue weighted by Crippen LogP contribution is -2.34. The SMILES string of the molecule is CCNC(=O)[C@H]1CC(=O)N(C)[C@H]1c1cccs1. The third-order valence-corrected chi connectivity index (χ3v) is 4.05. The van der Waals surface area contributed by atoms with Crippen LogP contribution in [0, 0.1) is 5.92 Å². The van der Waals surface area contributed by atoms with Crippen LogP contribution >= 0.6 is 11.3 Å². The molecule has 2 amide bonds. The summed E-state index contributed by atoms with van der Waals surface area (Å²) >= 11 is 1.59. The first-order valence-electron chi connectivity index (χ1n) is 5.72. The molecule has 1 fully saturated rings. The Hall–Kier alpha value is -1.36. The van der Waals surface area contributed by atoms with Gasteiger partial charge in [0.1, 0.15) is 0 Å². The van der Waals surface area contributed by atoms with Crippen LogP contribution in [-0.4, -0.2) is 30.3 Å². The second kappa shape index (κ2) is 4.87. The molecule has 1 N–H and O–H groups in total. The summed E-state index contributed by atoms with van der Waals surface area (Å²) in [5.41, 5.74) is 0. The molecule has 0 saturated carbocycles. The number of thiophene rings is 1. The smallest absolute Gasteiger partial charge is 0.226 e. The minimum absolute atomic E-state index is 0.0244. The highest BCUT2D eigenvalue weighted by atomic mass is 32.1. The molecule has 0 radical (unpaired) electrons. The van der Waals surface area contributed by atoms with Crippen molar-refractivity contribution in [3.05, 3.63) is 22.4 Å². The van der Waals surface area contributed by atoms with E-state index in [4.69, 9.17) is 0 Å². The van der Waals surface area contributed by atoms with Crippen LogP contribution in [0.15, 0.2) is 17.5 Å². The van der Waals surface area contributed by atoms with E-state index in [9.17, 15) is 9.59 Å². The van der Waals surface area contributed by atoms with Crippen molar-refractivity contribution in [2.45, 2.75) is 19.4 Å². The number of hydrogen-bond acceptors (Lipinski definition) is 3. The Bertz CT molecular complexity index is 416. The van der Waals surface area contributed by atoms with Crippen molar-refractivity contribution in [2.24, 2.45) is 5.92 Å². The zero-order chi connectivity index (χ0) is 12.4. The molecule has 2 rings (SSSR count). The minimum atomic E-state index is -0.258. The lowest BCUT2D eigenvalue weighted by molar-refractivity contribution is -0.128. The largest absolute Gasteiger partial charge is 0.356 e. The number of nitrogens with zero attached hydrogens (tertiary/aromatic N) is 1. The zero-order valence-corrected chi connectivity index (χ0v) is 10.8.